The third-order valence-electron chi connectivity index (χ3n) is 5.94. The minimum absolute atomic E-state index is 0. The second kappa shape index (κ2) is 12.1. The summed E-state index contributed by atoms with van der Waals surface area (Å²) < 4.78 is 5.85. The van der Waals surface area contributed by atoms with Gasteiger partial charge in [-0.15, -0.1) is 24.8 Å². The molecule has 2 aromatic rings. The summed E-state index contributed by atoms with van der Waals surface area (Å²) in [5.74, 6) is 1.52. The molecule has 8 heteroatoms. The summed E-state index contributed by atoms with van der Waals surface area (Å²) in [4.78, 5) is 20.0. The molecule has 1 saturated heterocycles. The molecule has 2 aliphatic rings. The molecular formula is C24H30Cl2N4O2. The van der Waals surface area contributed by atoms with E-state index in [2.05, 4.69) is 34.2 Å². The van der Waals surface area contributed by atoms with Crippen molar-refractivity contribution < 1.29 is 9.53 Å². The molecular weight excluding hydrogens is 447 g/mol. The van der Waals surface area contributed by atoms with Crippen LogP contribution >= 0.6 is 24.8 Å². The van der Waals surface area contributed by atoms with Crippen molar-refractivity contribution in [3.8, 4) is 5.75 Å². The third-order valence-corrected chi connectivity index (χ3v) is 5.94. The molecule has 1 aliphatic carbocycles. The lowest BCUT2D eigenvalue weighted by Gasteiger charge is -2.32. The summed E-state index contributed by atoms with van der Waals surface area (Å²) >= 11 is 0. The van der Waals surface area contributed by atoms with Gasteiger partial charge in [-0.1, -0.05) is 36.4 Å². The Balaban J connectivity index is 0.00000181. The minimum Gasteiger partial charge on any atom is -0.489 e. The fourth-order valence-corrected chi connectivity index (χ4v) is 3.82. The SMILES string of the molecule is Cl.Cl.[C-]#[N+]c1ccc(COc2ccc(C3C[C@@H]3NCC(=O)N3CCN(C)CC3)cc2)cc1. The Bertz CT molecular complexity index is 907. The maximum absolute atomic E-state index is 12.4. The Labute approximate surface area is 202 Å². The van der Waals surface area contributed by atoms with Crippen molar-refractivity contribution in [1.82, 2.24) is 15.1 Å². The number of hydrogen-bond acceptors (Lipinski definition) is 4. The Morgan fingerprint density at radius 2 is 1.72 bits per heavy atom. The number of benzene rings is 2. The highest BCUT2D eigenvalue weighted by Crippen LogP contribution is 2.41. The van der Waals surface area contributed by atoms with Gasteiger partial charge in [-0.3, -0.25) is 4.79 Å². The first kappa shape index (κ1) is 26.0. The van der Waals surface area contributed by atoms with Crippen molar-refractivity contribution >= 4 is 36.4 Å². The molecule has 0 radical (unpaired) electrons. The summed E-state index contributed by atoms with van der Waals surface area (Å²) in [5, 5.41) is 3.43. The highest BCUT2D eigenvalue weighted by atomic mass is 35.5. The molecule has 2 fully saturated rings. The van der Waals surface area contributed by atoms with Crippen LogP contribution in [0.25, 0.3) is 4.85 Å². The molecule has 172 valence electrons. The van der Waals surface area contributed by atoms with E-state index in [1.54, 1.807) is 0 Å². The molecule has 1 amide bonds. The van der Waals surface area contributed by atoms with E-state index in [0.717, 1.165) is 43.9 Å². The van der Waals surface area contributed by atoms with E-state index in [9.17, 15) is 4.79 Å². The predicted octanol–water partition coefficient (Wildman–Crippen LogP) is 3.88. The standard InChI is InChI=1S/C24H28N4O2.2ClH/c1-25-20-7-3-18(4-8-20)17-30-21-9-5-19(6-10-21)22-15-23(22)26-16-24(29)28-13-11-27(2)12-14-28;;/h3-10,22-23,26H,11-17H2,2H3;2*1H/t22?,23-;;/m0../s1. The van der Waals surface area contributed by atoms with E-state index < -0.39 is 0 Å². The highest BCUT2D eigenvalue weighted by molar-refractivity contribution is 5.85. The monoisotopic (exact) mass is 476 g/mol. The van der Waals surface area contributed by atoms with Crippen molar-refractivity contribution in [3.05, 3.63) is 71.1 Å². The number of carbonyl (C=O) groups excluding carboxylic acids is 1. The van der Waals surface area contributed by atoms with Gasteiger partial charge in [0.1, 0.15) is 12.4 Å². The zero-order valence-electron chi connectivity index (χ0n) is 18.2. The maximum Gasteiger partial charge on any atom is 0.236 e. The van der Waals surface area contributed by atoms with Crippen LogP contribution in [0.2, 0.25) is 0 Å². The number of amides is 1. The molecule has 6 nitrogen and oxygen atoms in total. The van der Waals surface area contributed by atoms with E-state index in [1.165, 1.54) is 5.56 Å². The van der Waals surface area contributed by atoms with Crippen LogP contribution in [0, 0.1) is 6.57 Å². The van der Waals surface area contributed by atoms with Gasteiger partial charge in [0.25, 0.3) is 0 Å². The number of hydrogen-bond donors (Lipinski definition) is 1. The van der Waals surface area contributed by atoms with Gasteiger partial charge in [0.15, 0.2) is 5.69 Å². The first-order chi connectivity index (χ1) is 14.6. The summed E-state index contributed by atoms with van der Waals surface area (Å²) in [6.07, 6.45) is 1.07. The number of piperazine rings is 1. The quantitative estimate of drug-likeness (QED) is 0.616. The van der Waals surface area contributed by atoms with Gasteiger partial charge in [0, 0.05) is 38.1 Å². The van der Waals surface area contributed by atoms with Crippen LogP contribution in [0.1, 0.15) is 23.5 Å². The normalized spacial score (nSPS) is 19.8. The minimum atomic E-state index is 0. The van der Waals surface area contributed by atoms with Gasteiger partial charge in [0.05, 0.1) is 13.1 Å². The fourth-order valence-electron chi connectivity index (χ4n) is 3.82. The lowest BCUT2D eigenvalue weighted by atomic mass is 10.1. The van der Waals surface area contributed by atoms with Crippen LogP contribution in [0.5, 0.6) is 5.75 Å². The van der Waals surface area contributed by atoms with E-state index in [-0.39, 0.29) is 30.7 Å². The Morgan fingerprint density at radius 1 is 1.06 bits per heavy atom. The van der Waals surface area contributed by atoms with Crippen LogP contribution in [0.3, 0.4) is 0 Å². The molecule has 1 N–H and O–H groups in total. The number of rotatable bonds is 7. The average molecular weight is 477 g/mol. The van der Waals surface area contributed by atoms with Crippen LogP contribution < -0.4 is 10.1 Å². The highest BCUT2D eigenvalue weighted by Gasteiger charge is 2.38. The summed E-state index contributed by atoms with van der Waals surface area (Å²) in [5.41, 5.74) is 2.97. The second-order valence-electron chi connectivity index (χ2n) is 8.15. The summed E-state index contributed by atoms with van der Waals surface area (Å²) in [6.45, 7) is 11.5. The van der Waals surface area contributed by atoms with Crippen LogP contribution in [0.15, 0.2) is 48.5 Å². The molecule has 2 aromatic carbocycles. The number of nitrogens with zero attached hydrogens (tertiary/aromatic N) is 3. The van der Waals surface area contributed by atoms with Crippen LogP contribution in [0.4, 0.5) is 5.69 Å². The largest absolute Gasteiger partial charge is 0.489 e. The molecule has 1 unspecified atom stereocenters. The van der Waals surface area contributed by atoms with Gasteiger partial charge in [0.2, 0.25) is 5.91 Å². The van der Waals surface area contributed by atoms with Gasteiger partial charge < -0.3 is 19.9 Å². The molecule has 1 aliphatic heterocycles. The number of ether oxygens (including phenoxy) is 1. The molecule has 0 spiro atoms. The molecule has 2 atom stereocenters. The van der Waals surface area contributed by atoms with Gasteiger partial charge in [-0.25, -0.2) is 4.85 Å². The van der Waals surface area contributed by atoms with Crippen LogP contribution in [-0.4, -0.2) is 61.5 Å². The van der Waals surface area contributed by atoms with E-state index >= 15 is 0 Å². The molecule has 1 saturated carbocycles. The number of likely N-dealkylation sites (N-methyl/N-ethyl adjacent to an activating group) is 1. The number of nitrogens with one attached hydrogen (secondary N) is 1. The van der Waals surface area contributed by atoms with Gasteiger partial charge >= 0.3 is 0 Å². The molecule has 0 aromatic heterocycles. The van der Waals surface area contributed by atoms with E-state index in [4.69, 9.17) is 11.3 Å². The first-order valence-electron chi connectivity index (χ1n) is 10.5. The smallest absolute Gasteiger partial charge is 0.236 e. The molecule has 32 heavy (non-hydrogen) atoms. The first-order valence-corrected chi connectivity index (χ1v) is 10.5. The number of halogens is 2. The second-order valence-corrected chi connectivity index (χ2v) is 8.15. The lowest BCUT2D eigenvalue weighted by Crippen LogP contribution is -2.49. The Hall–Kier alpha value is -2.30. The lowest BCUT2D eigenvalue weighted by molar-refractivity contribution is -0.131. The third kappa shape index (κ3) is 6.85. The zero-order valence-corrected chi connectivity index (χ0v) is 19.8. The molecule has 1 heterocycles. The summed E-state index contributed by atoms with van der Waals surface area (Å²) in [6, 6.07) is 16.1. The zero-order chi connectivity index (χ0) is 20.9. The Morgan fingerprint density at radius 3 is 2.34 bits per heavy atom. The van der Waals surface area contributed by atoms with E-state index in [0.29, 0.717) is 30.8 Å². The molecule has 4 rings (SSSR count). The topological polar surface area (TPSA) is 49.2 Å². The van der Waals surface area contributed by atoms with Crippen molar-refractivity contribution in [1.29, 1.82) is 0 Å². The Kier molecular flexibility index (Phi) is 9.80. The van der Waals surface area contributed by atoms with Crippen molar-refractivity contribution in [2.24, 2.45) is 0 Å². The van der Waals surface area contributed by atoms with E-state index in [1.807, 2.05) is 41.3 Å². The van der Waals surface area contributed by atoms with Crippen LogP contribution in [-0.2, 0) is 11.4 Å². The number of carbonyl (C=O) groups is 1. The van der Waals surface area contributed by atoms with Gasteiger partial charge in [-0.05, 0) is 36.7 Å². The fraction of sp³-hybridized carbons (Fsp3) is 0.417. The van der Waals surface area contributed by atoms with Crippen molar-refractivity contribution in [3.63, 3.8) is 0 Å². The average Bonchev–Trinajstić information content (AvgIpc) is 3.57. The van der Waals surface area contributed by atoms with Crippen molar-refractivity contribution in [2.75, 3.05) is 39.8 Å². The predicted molar refractivity (Wildman–Crippen MR) is 131 cm³/mol. The molecule has 0 bridgehead atoms. The maximum atomic E-state index is 12.4. The van der Waals surface area contributed by atoms with Crippen molar-refractivity contribution in [2.45, 2.75) is 25.0 Å². The summed E-state index contributed by atoms with van der Waals surface area (Å²) in [7, 11) is 2.10. The van der Waals surface area contributed by atoms with Gasteiger partial charge in [-0.2, -0.15) is 0 Å².